The van der Waals surface area contributed by atoms with Gasteiger partial charge in [-0.25, -0.2) is 4.79 Å². The first-order valence-electron chi connectivity index (χ1n) is 10.3. The summed E-state index contributed by atoms with van der Waals surface area (Å²) in [6.45, 7) is 0.0635. The molecule has 1 saturated heterocycles. The molecule has 2 aromatic rings. The minimum atomic E-state index is -1.08. The number of carbonyl (C=O) groups is 3. The van der Waals surface area contributed by atoms with Crippen LogP contribution in [-0.2, 0) is 11.2 Å². The van der Waals surface area contributed by atoms with Crippen molar-refractivity contribution in [3.8, 4) is 0 Å². The quantitative estimate of drug-likeness (QED) is 0.739. The number of likely N-dealkylation sites (tertiary alicyclic amines) is 1. The SMILES string of the molecule is CN(C)C(=O)c1cccc(CCC2CC(c3cccnc3)N(C(=O)O)CC2C(N)=O)c1. The van der Waals surface area contributed by atoms with Crippen LogP contribution in [0.25, 0.3) is 0 Å². The van der Waals surface area contributed by atoms with Crippen LogP contribution in [-0.4, -0.2) is 58.4 Å². The lowest BCUT2D eigenvalue weighted by Gasteiger charge is -2.42. The van der Waals surface area contributed by atoms with Crippen LogP contribution in [0.1, 0.15) is 40.4 Å². The van der Waals surface area contributed by atoms with Gasteiger partial charge in [-0.2, -0.15) is 0 Å². The molecule has 2 heterocycles. The van der Waals surface area contributed by atoms with Gasteiger partial charge in [-0.1, -0.05) is 18.2 Å². The molecule has 1 aromatic carbocycles. The fraction of sp³-hybridized carbons (Fsp3) is 0.391. The predicted molar refractivity (Wildman–Crippen MR) is 115 cm³/mol. The summed E-state index contributed by atoms with van der Waals surface area (Å²) < 4.78 is 0. The van der Waals surface area contributed by atoms with Crippen molar-refractivity contribution >= 4 is 17.9 Å². The number of aromatic nitrogens is 1. The Morgan fingerprint density at radius 2 is 2.00 bits per heavy atom. The summed E-state index contributed by atoms with van der Waals surface area (Å²) in [6.07, 6.45) is 4.05. The Balaban J connectivity index is 1.80. The molecule has 0 saturated carbocycles. The van der Waals surface area contributed by atoms with Gasteiger partial charge in [0.25, 0.3) is 5.91 Å². The standard InChI is InChI=1S/C23H28N4O4/c1-26(2)22(29)17-6-3-5-15(11-17)8-9-16-12-20(18-7-4-10-25-13-18)27(23(30)31)14-19(16)21(24)28/h3-7,10-11,13,16,19-20H,8-9,12,14H2,1-2H3,(H2,24,28)(H,30,31). The van der Waals surface area contributed by atoms with Crippen LogP contribution in [0.4, 0.5) is 4.79 Å². The summed E-state index contributed by atoms with van der Waals surface area (Å²) in [5.41, 5.74) is 8.06. The molecule has 0 radical (unpaired) electrons. The van der Waals surface area contributed by atoms with Crippen LogP contribution in [0.15, 0.2) is 48.8 Å². The summed E-state index contributed by atoms with van der Waals surface area (Å²) in [7, 11) is 3.42. The fourth-order valence-electron chi connectivity index (χ4n) is 4.28. The molecular formula is C23H28N4O4. The van der Waals surface area contributed by atoms with E-state index in [1.165, 1.54) is 9.80 Å². The van der Waals surface area contributed by atoms with E-state index >= 15 is 0 Å². The number of nitrogens with two attached hydrogens (primary N) is 1. The van der Waals surface area contributed by atoms with Crippen molar-refractivity contribution in [2.24, 2.45) is 17.6 Å². The Bertz CT molecular complexity index is 948. The van der Waals surface area contributed by atoms with Gasteiger partial charge in [0, 0.05) is 38.6 Å². The number of amides is 3. The number of carboxylic acid groups (broad SMARTS) is 1. The van der Waals surface area contributed by atoms with Gasteiger partial charge in [0.2, 0.25) is 5.91 Å². The number of pyridine rings is 1. The van der Waals surface area contributed by atoms with Crippen molar-refractivity contribution in [2.45, 2.75) is 25.3 Å². The van der Waals surface area contributed by atoms with E-state index in [1.807, 2.05) is 24.3 Å². The average Bonchev–Trinajstić information content (AvgIpc) is 2.77. The minimum absolute atomic E-state index is 0.0635. The van der Waals surface area contributed by atoms with Crippen LogP contribution in [0.3, 0.4) is 0 Å². The highest BCUT2D eigenvalue weighted by Gasteiger charge is 2.40. The molecule has 8 nitrogen and oxygen atoms in total. The van der Waals surface area contributed by atoms with Crippen LogP contribution in [0, 0.1) is 11.8 Å². The smallest absolute Gasteiger partial charge is 0.407 e. The number of hydrogen-bond acceptors (Lipinski definition) is 4. The van der Waals surface area contributed by atoms with Gasteiger partial charge in [-0.05, 0) is 54.5 Å². The largest absolute Gasteiger partial charge is 0.465 e. The van der Waals surface area contributed by atoms with Gasteiger partial charge in [-0.15, -0.1) is 0 Å². The normalized spacial score (nSPS) is 20.8. The number of rotatable bonds is 6. The van der Waals surface area contributed by atoms with Gasteiger partial charge in [0.15, 0.2) is 0 Å². The maximum Gasteiger partial charge on any atom is 0.407 e. The lowest BCUT2D eigenvalue weighted by molar-refractivity contribution is -0.126. The molecule has 3 amide bonds. The van der Waals surface area contributed by atoms with Gasteiger partial charge in [0.1, 0.15) is 0 Å². The van der Waals surface area contributed by atoms with E-state index in [4.69, 9.17) is 5.73 Å². The fourth-order valence-corrected chi connectivity index (χ4v) is 4.28. The highest BCUT2D eigenvalue weighted by atomic mass is 16.4. The molecule has 1 fully saturated rings. The van der Waals surface area contributed by atoms with Crippen molar-refractivity contribution in [1.29, 1.82) is 0 Å². The second kappa shape index (κ2) is 9.59. The molecule has 0 spiro atoms. The number of aryl methyl sites for hydroxylation is 1. The molecule has 3 rings (SSSR count). The van der Waals surface area contributed by atoms with E-state index in [1.54, 1.807) is 38.6 Å². The number of primary amides is 1. The van der Waals surface area contributed by atoms with E-state index in [-0.39, 0.29) is 24.4 Å². The maximum atomic E-state index is 12.2. The lowest BCUT2D eigenvalue weighted by Crippen LogP contribution is -2.49. The zero-order valence-electron chi connectivity index (χ0n) is 17.8. The summed E-state index contributed by atoms with van der Waals surface area (Å²) in [5, 5.41) is 9.71. The van der Waals surface area contributed by atoms with E-state index < -0.39 is 17.9 Å². The van der Waals surface area contributed by atoms with E-state index in [2.05, 4.69) is 4.98 Å². The number of nitrogens with zero attached hydrogens (tertiary/aromatic N) is 3. The maximum absolute atomic E-state index is 12.2. The van der Waals surface area contributed by atoms with Crippen molar-refractivity contribution in [1.82, 2.24) is 14.8 Å². The second-order valence-corrected chi connectivity index (χ2v) is 8.18. The first-order valence-corrected chi connectivity index (χ1v) is 10.3. The molecule has 3 unspecified atom stereocenters. The Kier molecular flexibility index (Phi) is 6.89. The van der Waals surface area contributed by atoms with Crippen molar-refractivity contribution in [3.63, 3.8) is 0 Å². The monoisotopic (exact) mass is 424 g/mol. The third-order valence-corrected chi connectivity index (χ3v) is 5.93. The molecule has 31 heavy (non-hydrogen) atoms. The highest BCUT2D eigenvalue weighted by molar-refractivity contribution is 5.94. The topological polar surface area (TPSA) is 117 Å². The first-order chi connectivity index (χ1) is 14.8. The number of carbonyl (C=O) groups excluding carboxylic acids is 2. The van der Waals surface area contributed by atoms with E-state index in [9.17, 15) is 19.5 Å². The Hall–Kier alpha value is -3.42. The van der Waals surface area contributed by atoms with Gasteiger partial charge < -0.3 is 20.6 Å². The van der Waals surface area contributed by atoms with Crippen molar-refractivity contribution in [2.75, 3.05) is 20.6 Å². The molecule has 1 aromatic heterocycles. The molecule has 8 heteroatoms. The highest BCUT2D eigenvalue weighted by Crippen LogP contribution is 2.39. The summed E-state index contributed by atoms with van der Waals surface area (Å²) in [4.78, 5) is 43.2. The first kappa shape index (κ1) is 22.3. The van der Waals surface area contributed by atoms with E-state index in [0.29, 0.717) is 24.8 Å². The number of benzene rings is 1. The minimum Gasteiger partial charge on any atom is -0.465 e. The van der Waals surface area contributed by atoms with Gasteiger partial charge in [-0.3, -0.25) is 14.6 Å². The Morgan fingerprint density at radius 3 is 2.61 bits per heavy atom. The van der Waals surface area contributed by atoms with Crippen LogP contribution in [0.2, 0.25) is 0 Å². The molecule has 3 atom stereocenters. The summed E-state index contributed by atoms with van der Waals surface area (Å²) in [5.74, 6) is -1.19. The molecular weight excluding hydrogens is 396 g/mol. The lowest BCUT2D eigenvalue weighted by atomic mass is 9.77. The van der Waals surface area contributed by atoms with Crippen LogP contribution in [0.5, 0.6) is 0 Å². The number of piperidine rings is 1. The zero-order chi connectivity index (χ0) is 22.5. The Labute approximate surface area is 181 Å². The second-order valence-electron chi connectivity index (χ2n) is 8.18. The number of hydrogen-bond donors (Lipinski definition) is 2. The van der Waals surface area contributed by atoms with Gasteiger partial charge >= 0.3 is 6.09 Å². The molecule has 1 aliphatic heterocycles. The Morgan fingerprint density at radius 1 is 1.23 bits per heavy atom. The van der Waals surface area contributed by atoms with Crippen LogP contribution < -0.4 is 5.73 Å². The average molecular weight is 425 g/mol. The molecule has 0 bridgehead atoms. The van der Waals surface area contributed by atoms with Crippen LogP contribution >= 0.6 is 0 Å². The zero-order valence-corrected chi connectivity index (χ0v) is 17.8. The predicted octanol–water partition coefficient (Wildman–Crippen LogP) is 2.56. The van der Waals surface area contributed by atoms with E-state index in [0.717, 1.165) is 11.1 Å². The summed E-state index contributed by atoms with van der Waals surface area (Å²) in [6, 6.07) is 10.7. The molecule has 3 N–H and O–H groups in total. The van der Waals surface area contributed by atoms with Crippen molar-refractivity contribution < 1.29 is 19.5 Å². The molecule has 0 aliphatic carbocycles. The third kappa shape index (κ3) is 5.20. The van der Waals surface area contributed by atoms with Gasteiger partial charge in [0.05, 0.1) is 12.0 Å². The molecule has 164 valence electrons. The molecule has 1 aliphatic rings. The summed E-state index contributed by atoms with van der Waals surface area (Å²) >= 11 is 0. The third-order valence-electron chi connectivity index (χ3n) is 5.93. The van der Waals surface area contributed by atoms with Crippen molar-refractivity contribution in [3.05, 3.63) is 65.5 Å².